The Labute approximate surface area is 139 Å². The first-order valence-electron chi connectivity index (χ1n) is 9.49. The highest BCUT2D eigenvalue weighted by Crippen LogP contribution is 2.10. The monoisotopic (exact) mass is 334 g/mol. The molecule has 0 atom stereocenters. The van der Waals surface area contributed by atoms with Crippen LogP contribution in [0.15, 0.2) is 0 Å². The molecule has 0 aliphatic rings. The van der Waals surface area contributed by atoms with Gasteiger partial charge < -0.3 is 0 Å². The molecule has 0 fully saturated rings. The van der Waals surface area contributed by atoms with Gasteiger partial charge in [0.2, 0.25) is 0 Å². The molecule has 0 radical (unpaired) electrons. The van der Waals surface area contributed by atoms with Gasteiger partial charge in [-0.25, -0.2) is 0 Å². The van der Waals surface area contributed by atoms with E-state index in [-0.39, 0.29) is 5.75 Å². The van der Waals surface area contributed by atoms with Crippen LogP contribution in [0.3, 0.4) is 0 Å². The molecule has 0 aromatic rings. The molecule has 0 rings (SSSR count). The van der Waals surface area contributed by atoms with Crippen LogP contribution in [0, 0.1) is 0 Å². The zero-order valence-corrected chi connectivity index (χ0v) is 15.8. The number of rotatable bonds is 17. The maximum absolute atomic E-state index is 11.7. The van der Waals surface area contributed by atoms with E-state index in [0.717, 1.165) is 32.1 Å². The van der Waals surface area contributed by atoms with Gasteiger partial charge in [-0.3, -0.25) is 4.18 Å². The van der Waals surface area contributed by atoms with E-state index in [4.69, 9.17) is 4.18 Å². The van der Waals surface area contributed by atoms with E-state index in [1.807, 2.05) is 0 Å². The largest absolute Gasteiger partial charge is 0.270 e. The summed E-state index contributed by atoms with van der Waals surface area (Å²) in [6.07, 6.45) is 16.2. The van der Waals surface area contributed by atoms with Crippen molar-refractivity contribution in [1.82, 2.24) is 0 Å². The Morgan fingerprint density at radius 1 is 0.591 bits per heavy atom. The number of hydrogen-bond acceptors (Lipinski definition) is 3. The Balaban J connectivity index is 3.37. The Morgan fingerprint density at radius 2 is 1.00 bits per heavy atom. The van der Waals surface area contributed by atoms with Gasteiger partial charge in [-0.1, -0.05) is 90.9 Å². The third-order valence-corrected chi connectivity index (χ3v) is 5.32. The van der Waals surface area contributed by atoms with E-state index in [0.29, 0.717) is 6.61 Å². The summed E-state index contributed by atoms with van der Waals surface area (Å²) >= 11 is 0. The van der Waals surface area contributed by atoms with Crippen LogP contribution >= 0.6 is 0 Å². The van der Waals surface area contributed by atoms with Crippen molar-refractivity contribution in [2.45, 2.75) is 104 Å². The quantitative estimate of drug-likeness (QED) is 0.248. The highest BCUT2D eigenvalue weighted by atomic mass is 32.2. The third kappa shape index (κ3) is 16.3. The summed E-state index contributed by atoms with van der Waals surface area (Å²) in [5, 5.41) is 0. The van der Waals surface area contributed by atoms with Gasteiger partial charge in [0.25, 0.3) is 10.1 Å². The summed E-state index contributed by atoms with van der Waals surface area (Å²) < 4.78 is 28.5. The molecule has 0 aromatic heterocycles. The van der Waals surface area contributed by atoms with Crippen LogP contribution < -0.4 is 0 Å². The predicted molar refractivity (Wildman–Crippen MR) is 95.7 cm³/mol. The molecule has 0 aliphatic carbocycles. The van der Waals surface area contributed by atoms with Crippen molar-refractivity contribution in [2.24, 2.45) is 0 Å². The minimum atomic E-state index is -3.28. The van der Waals surface area contributed by atoms with Crippen LogP contribution in [0.1, 0.15) is 104 Å². The molecule has 0 amide bonds. The Kier molecular flexibility index (Phi) is 15.7. The SMILES string of the molecule is CCCCCCCCCCOS(=O)(=O)CCCCCCCC. The normalized spacial score (nSPS) is 11.9. The second-order valence-corrected chi connectivity index (χ2v) is 8.09. The highest BCUT2D eigenvalue weighted by Gasteiger charge is 2.10. The first-order valence-corrected chi connectivity index (χ1v) is 11.1. The first kappa shape index (κ1) is 21.9. The van der Waals surface area contributed by atoms with E-state index >= 15 is 0 Å². The fourth-order valence-electron chi connectivity index (χ4n) is 2.54. The van der Waals surface area contributed by atoms with Crippen LogP contribution in [0.2, 0.25) is 0 Å². The van der Waals surface area contributed by atoms with Crippen molar-refractivity contribution in [3.63, 3.8) is 0 Å². The van der Waals surface area contributed by atoms with Gasteiger partial charge in [-0.2, -0.15) is 8.42 Å². The van der Waals surface area contributed by atoms with Crippen LogP contribution in [0.25, 0.3) is 0 Å². The third-order valence-electron chi connectivity index (χ3n) is 4.01. The Bertz CT molecular complexity index is 312. The van der Waals surface area contributed by atoms with E-state index in [1.165, 1.54) is 57.8 Å². The van der Waals surface area contributed by atoms with Crippen LogP contribution in [-0.4, -0.2) is 20.8 Å². The summed E-state index contributed by atoms with van der Waals surface area (Å²) in [5.74, 6) is 0.191. The zero-order chi connectivity index (χ0) is 16.5. The summed E-state index contributed by atoms with van der Waals surface area (Å²) in [6, 6.07) is 0. The molecule has 0 saturated carbocycles. The summed E-state index contributed by atoms with van der Waals surface area (Å²) in [6.45, 7) is 4.78. The van der Waals surface area contributed by atoms with Crippen molar-refractivity contribution in [3.05, 3.63) is 0 Å². The molecule has 0 spiro atoms. The van der Waals surface area contributed by atoms with Crippen molar-refractivity contribution >= 4 is 10.1 Å². The van der Waals surface area contributed by atoms with E-state index < -0.39 is 10.1 Å². The molecule has 4 heteroatoms. The fourth-order valence-corrected chi connectivity index (χ4v) is 3.59. The van der Waals surface area contributed by atoms with Gasteiger partial charge in [0.1, 0.15) is 0 Å². The van der Waals surface area contributed by atoms with Gasteiger partial charge in [0.15, 0.2) is 0 Å². The highest BCUT2D eigenvalue weighted by molar-refractivity contribution is 7.86. The standard InChI is InChI=1S/C18H38O3S/c1-3-5-7-9-11-12-13-15-17-21-22(19,20)18-16-14-10-8-6-4-2/h3-18H2,1-2H3. The van der Waals surface area contributed by atoms with Gasteiger partial charge in [0.05, 0.1) is 12.4 Å². The molecular formula is C18H38O3S. The second-order valence-electron chi connectivity index (χ2n) is 6.33. The maximum Gasteiger partial charge on any atom is 0.267 e. The first-order chi connectivity index (χ1) is 10.6. The molecule has 0 unspecified atom stereocenters. The molecule has 0 aliphatic heterocycles. The van der Waals surface area contributed by atoms with Crippen molar-refractivity contribution in [1.29, 1.82) is 0 Å². The van der Waals surface area contributed by atoms with Crippen molar-refractivity contribution in [2.75, 3.05) is 12.4 Å². The Hall–Kier alpha value is -0.0900. The van der Waals surface area contributed by atoms with E-state index in [2.05, 4.69) is 13.8 Å². The van der Waals surface area contributed by atoms with Gasteiger partial charge >= 0.3 is 0 Å². The minimum Gasteiger partial charge on any atom is -0.270 e. The van der Waals surface area contributed by atoms with Gasteiger partial charge in [-0.05, 0) is 12.8 Å². The lowest BCUT2D eigenvalue weighted by Crippen LogP contribution is -2.11. The summed E-state index contributed by atoms with van der Waals surface area (Å²) in [4.78, 5) is 0. The summed E-state index contributed by atoms with van der Waals surface area (Å²) in [7, 11) is -3.28. The average molecular weight is 335 g/mol. The molecule has 134 valence electrons. The fraction of sp³-hybridized carbons (Fsp3) is 1.00. The molecule has 0 saturated heterocycles. The van der Waals surface area contributed by atoms with Crippen molar-refractivity contribution in [3.8, 4) is 0 Å². The predicted octanol–water partition coefficient (Wildman–Crippen LogP) is 5.83. The summed E-state index contributed by atoms with van der Waals surface area (Å²) in [5.41, 5.74) is 0. The lowest BCUT2D eigenvalue weighted by molar-refractivity contribution is 0.305. The zero-order valence-electron chi connectivity index (χ0n) is 14.9. The Morgan fingerprint density at radius 3 is 1.50 bits per heavy atom. The lowest BCUT2D eigenvalue weighted by atomic mass is 10.1. The smallest absolute Gasteiger partial charge is 0.267 e. The van der Waals surface area contributed by atoms with Gasteiger partial charge in [-0.15, -0.1) is 0 Å². The maximum atomic E-state index is 11.7. The molecule has 0 heterocycles. The average Bonchev–Trinajstić information content (AvgIpc) is 2.49. The van der Waals surface area contributed by atoms with Crippen LogP contribution in [0.4, 0.5) is 0 Å². The van der Waals surface area contributed by atoms with Crippen molar-refractivity contribution < 1.29 is 12.6 Å². The second kappa shape index (κ2) is 15.8. The number of hydrogen-bond donors (Lipinski definition) is 0. The van der Waals surface area contributed by atoms with E-state index in [9.17, 15) is 8.42 Å². The number of unbranched alkanes of at least 4 members (excludes halogenated alkanes) is 12. The topological polar surface area (TPSA) is 43.4 Å². The lowest BCUT2D eigenvalue weighted by Gasteiger charge is -2.06. The molecule has 0 N–H and O–H groups in total. The minimum absolute atomic E-state index is 0.191. The molecule has 3 nitrogen and oxygen atoms in total. The van der Waals surface area contributed by atoms with Gasteiger partial charge in [0, 0.05) is 0 Å². The van der Waals surface area contributed by atoms with E-state index in [1.54, 1.807) is 0 Å². The van der Waals surface area contributed by atoms with Crippen LogP contribution in [-0.2, 0) is 14.3 Å². The molecule has 22 heavy (non-hydrogen) atoms. The van der Waals surface area contributed by atoms with Crippen LogP contribution in [0.5, 0.6) is 0 Å². The molecular weight excluding hydrogens is 296 g/mol. The molecule has 0 bridgehead atoms. The molecule has 0 aromatic carbocycles.